The van der Waals surface area contributed by atoms with E-state index >= 15 is 0 Å². The summed E-state index contributed by atoms with van der Waals surface area (Å²) in [4.78, 5) is 12.5. The summed E-state index contributed by atoms with van der Waals surface area (Å²) in [6.45, 7) is 9.75. The normalized spacial score (nSPS) is 22.7. The second-order valence-electron chi connectivity index (χ2n) is 15.4. The van der Waals surface area contributed by atoms with Gasteiger partial charge in [0.25, 0.3) is 0 Å². The monoisotopic (exact) mass is 701 g/mol. The van der Waals surface area contributed by atoms with Gasteiger partial charge in [0.15, 0.2) is 6.10 Å². The number of esters is 1. The minimum absolute atomic E-state index is 0.0902. The molecular weight excluding hydrogens is 620 g/mol. The fourth-order valence-corrected chi connectivity index (χ4v) is 7.01. The Balaban J connectivity index is 2.12. The molecule has 0 radical (unpaired) electrons. The van der Waals surface area contributed by atoms with Crippen LogP contribution in [0.25, 0.3) is 0 Å². The van der Waals surface area contributed by atoms with Gasteiger partial charge in [-0.15, -0.1) is 0 Å². The fraction of sp³-hybridized carbons (Fsp3) is 0.976. The number of aliphatic hydroxyl groups excluding tert-OH is 4. The van der Waals surface area contributed by atoms with Gasteiger partial charge in [0, 0.05) is 13.0 Å². The van der Waals surface area contributed by atoms with E-state index in [0.717, 1.165) is 43.9 Å². The molecule has 1 rings (SSSR count). The van der Waals surface area contributed by atoms with Gasteiger partial charge in [-0.2, -0.15) is 0 Å². The van der Waals surface area contributed by atoms with Crippen LogP contribution in [-0.4, -0.2) is 82.8 Å². The van der Waals surface area contributed by atoms with Gasteiger partial charge >= 0.3 is 5.97 Å². The van der Waals surface area contributed by atoms with E-state index in [4.69, 9.17) is 14.2 Å². The molecule has 0 bridgehead atoms. The van der Waals surface area contributed by atoms with Crippen LogP contribution in [-0.2, 0) is 19.0 Å². The molecule has 2 unspecified atom stereocenters. The number of carbonyl (C=O) groups is 1. The smallest absolute Gasteiger partial charge is 0.306 e. The zero-order chi connectivity index (χ0) is 36.1. The van der Waals surface area contributed by atoms with Crippen molar-refractivity contribution in [3.05, 3.63) is 0 Å². The molecule has 0 heterocycles. The van der Waals surface area contributed by atoms with E-state index in [1.54, 1.807) is 0 Å². The van der Waals surface area contributed by atoms with Crippen molar-refractivity contribution in [2.45, 2.75) is 225 Å². The maximum atomic E-state index is 12.5. The maximum Gasteiger partial charge on any atom is 0.306 e. The summed E-state index contributed by atoms with van der Waals surface area (Å²) in [5.74, 6) is 1.16. The highest BCUT2D eigenvalue weighted by molar-refractivity contribution is 5.69. The van der Waals surface area contributed by atoms with Crippen LogP contribution in [0.3, 0.4) is 0 Å². The van der Waals surface area contributed by atoms with Crippen LogP contribution in [0, 0.1) is 11.8 Å². The molecule has 0 amide bonds. The summed E-state index contributed by atoms with van der Waals surface area (Å²) in [7, 11) is 0. The Kier molecular flexibility index (Phi) is 29.1. The van der Waals surface area contributed by atoms with Crippen molar-refractivity contribution in [2.24, 2.45) is 11.8 Å². The molecule has 1 aliphatic carbocycles. The minimum Gasteiger partial charge on any atom is -0.457 e. The molecule has 292 valence electrons. The largest absolute Gasteiger partial charge is 0.457 e. The zero-order valence-electron chi connectivity index (χ0n) is 32.3. The molecule has 8 nitrogen and oxygen atoms in total. The van der Waals surface area contributed by atoms with Gasteiger partial charge in [0.05, 0.1) is 13.2 Å². The fourth-order valence-electron chi connectivity index (χ4n) is 7.01. The van der Waals surface area contributed by atoms with E-state index in [1.165, 1.54) is 116 Å². The predicted octanol–water partition coefficient (Wildman–Crippen LogP) is 8.82. The number of aliphatic hydroxyl groups is 4. The van der Waals surface area contributed by atoms with Gasteiger partial charge < -0.3 is 34.6 Å². The third-order valence-electron chi connectivity index (χ3n) is 10.4. The summed E-state index contributed by atoms with van der Waals surface area (Å²) in [6, 6.07) is 0. The highest BCUT2D eigenvalue weighted by atomic mass is 16.6. The van der Waals surface area contributed by atoms with Crippen molar-refractivity contribution in [2.75, 3.05) is 19.8 Å². The lowest BCUT2D eigenvalue weighted by Crippen LogP contribution is -2.41. The lowest BCUT2D eigenvalue weighted by atomic mass is 9.96. The molecule has 1 aliphatic rings. The first-order valence-corrected chi connectivity index (χ1v) is 20.8. The van der Waals surface area contributed by atoms with Crippen LogP contribution < -0.4 is 0 Å². The summed E-state index contributed by atoms with van der Waals surface area (Å²) in [5, 5.41) is 41.4. The predicted molar refractivity (Wildman–Crippen MR) is 200 cm³/mol. The number of rotatable bonds is 34. The minimum atomic E-state index is -1.49. The molecule has 1 fully saturated rings. The van der Waals surface area contributed by atoms with Crippen molar-refractivity contribution in [3.8, 4) is 0 Å². The number of carbonyl (C=O) groups excluding carboxylic acids is 1. The Morgan fingerprint density at radius 2 is 0.980 bits per heavy atom. The molecular formula is C41H80O8. The molecule has 0 aromatic rings. The Labute approximate surface area is 301 Å². The third-order valence-corrected chi connectivity index (χ3v) is 10.4. The topological polar surface area (TPSA) is 126 Å². The van der Waals surface area contributed by atoms with E-state index in [9.17, 15) is 25.2 Å². The Morgan fingerprint density at radius 3 is 1.49 bits per heavy atom. The van der Waals surface area contributed by atoms with Crippen molar-refractivity contribution >= 4 is 5.97 Å². The lowest BCUT2D eigenvalue weighted by Gasteiger charge is -2.24. The molecule has 0 saturated heterocycles. The van der Waals surface area contributed by atoms with Crippen LogP contribution in [0.2, 0.25) is 0 Å². The molecule has 0 aliphatic heterocycles. The highest BCUT2D eigenvalue weighted by Gasteiger charge is 2.52. The standard InChI is InChI=1S/C41H80O8/c1-5-7-9-19-25-33(3)27-21-15-12-11-13-18-24-30-47-31-35(42)32-48-40-38(45)37(44)39(46)41(40)49-36(43)29-23-17-14-16-22-28-34(4)26-20-10-8-6-2/h33-35,37-42,44-46H,5-32H2,1-4H3/t33?,34?,35-,37-,38-,39+,40+,41-/m0/s1. The van der Waals surface area contributed by atoms with E-state index in [2.05, 4.69) is 27.7 Å². The van der Waals surface area contributed by atoms with Gasteiger partial charge in [0.2, 0.25) is 0 Å². The quantitative estimate of drug-likeness (QED) is 0.0388. The second-order valence-corrected chi connectivity index (χ2v) is 15.4. The van der Waals surface area contributed by atoms with Gasteiger partial charge in [-0.05, 0) is 24.7 Å². The van der Waals surface area contributed by atoms with Crippen LogP contribution in [0.1, 0.15) is 188 Å². The van der Waals surface area contributed by atoms with Gasteiger partial charge in [-0.25, -0.2) is 0 Å². The zero-order valence-corrected chi connectivity index (χ0v) is 32.3. The average molecular weight is 701 g/mol. The summed E-state index contributed by atoms with van der Waals surface area (Å²) >= 11 is 0. The number of ether oxygens (including phenoxy) is 3. The molecule has 0 aromatic heterocycles. The highest BCUT2D eigenvalue weighted by Crippen LogP contribution is 2.28. The van der Waals surface area contributed by atoms with Crippen molar-refractivity contribution in [3.63, 3.8) is 0 Å². The third kappa shape index (κ3) is 23.4. The second kappa shape index (κ2) is 30.8. The van der Waals surface area contributed by atoms with Gasteiger partial charge in [0.1, 0.15) is 30.5 Å². The number of unbranched alkanes of at least 4 members (excludes halogenated alkanes) is 16. The Hall–Kier alpha value is -0.770. The van der Waals surface area contributed by atoms with E-state index < -0.39 is 42.6 Å². The van der Waals surface area contributed by atoms with Crippen LogP contribution in [0.5, 0.6) is 0 Å². The van der Waals surface area contributed by atoms with E-state index in [0.29, 0.717) is 13.0 Å². The van der Waals surface area contributed by atoms with Crippen LogP contribution >= 0.6 is 0 Å². The average Bonchev–Trinajstić information content (AvgIpc) is 3.28. The van der Waals surface area contributed by atoms with Crippen molar-refractivity contribution < 1.29 is 39.4 Å². The van der Waals surface area contributed by atoms with Gasteiger partial charge in [-0.3, -0.25) is 4.79 Å². The lowest BCUT2D eigenvalue weighted by molar-refractivity contribution is -0.168. The van der Waals surface area contributed by atoms with Crippen molar-refractivity contribution in [1.29, 1.82) is 0 Å². The summed E-state index contributed by atoms with van der Waals surface area (Å²) in [5.41, 5.74) is 0. The van der Waals surface area contributed by atoms with E-state index in [-0.39, 0.29) is 19.6 Å². The molecule has 0 spiro atoms. The molecule has 8 atom stereocenters. The SMILES string of the molecule is CCCCCCC(C)CCCCCCCCCOC[C@H](O)CO[C@@H]1[C@@H](O)[C@H](O)[C@@H](O)[C@@H]1OC(=O)CCCCCCCC(C)CCCCCC. The summed E-state index contributed by atoms with van der Waals surface area (Å²) < 4.78 is 16.8. The van der Waals surface area contributed by atoms with Crippen LogP contribution in [0.15, 0.2) is 0 Å². The first kappa shape index (κ1) is 46.3. The summed E-state index contributed by atoms with van der Waals surface area (Å²) in [6.07, 6.45) is 22.2. The molecule has 4 N–H and O–H groups in total. The number of hydrogen-bond acceptors (Lipinski definition) is 8. The molecule has 49 heavy (non-hydrogen) atoms. The first-order chi connectivity index (χ1) is 23.7. The molecule has 8 heteroatoms. The van der Waals surface area contributed by atoms with E-state index in [1.807, 2.05) is 0 Å². The van der Waals surface area contributed by atoms with Crippen molar-refractivity contribution in [1.82, 2.24) is 0 Å². The molecule has 1 saturated carbocycles. The van der Waals surface area contributed by atoms with Gasteiger partial charge in [-0.1, -0.05) is 169 Å². The maximum absolute atomic E-state index is 12.5. The number of hydrogen-bond donors (Lipinski definition) is 4. The Bertz CT molecular complexity index is 751. The Morgan fingerprint density at radius 1 is 0.551 bits per heavy atom. The first-order valence-electron chi connectivity index (χ1n) is 20.8. The van der Waals surface area contributed by atoms with Crippen LogP contribution in [0.4, 0.5) is 0 Å². The molecule has 0 aromatic carbocycles.